The standard InChI is InChI=1S/C13H14N6O3/c1-3-21-13(20)8-4-15-19(5-8)6-9-7(2)16-12-11(10(9)14)17-22-18-12/h4-5H,3,6,14H2,1-2H3. The number of aromatic nitrogens is 5. The maximum atomic E-state index is 11.6. The molecule has 3 heterocycles. The molecule has 9 heteroatoms. The summed E-state index contributed by atoms with van der Waals surface area (Å²) in [4.78, 5) is 15.9. The molecule has 0 bridgehead atoms. The van der Waals surface area contributed by atoms with Crippen LogP contribution < -0.4 is 5.73 Å². The van der Waals surface area contributed by atoms with Gasteiger partial charge in [-0.25, -0.2) is 14.4 Å². The summed E-state index contributed by atoms with van der Waals surface area (Å²) in [5, 5.41) is 11.6. The van der Waals surface area contributed by atoms with Gasteiger partial charge >= 0.3 is 5.97 Å². The molecule has 0 fully saturated rings. The minimum atomic E-state index is -0.410. The number of nitrogens with zero attached hydrogens (tertiary/aromatic N) is 5. The Bertz CT molecular complexity index is 838. The molecular weight excluding hydrogens is 288 g/mol. The molecule has 0 aliphatic heterocycles. The number of fused-ring (bicyclic) bond motifs is 1. The predicted octanol–water partition coefficient (Wildman–Crippen LogP) is 0.930. The Morgan fingerprint density at radius 3 is 3.05 bits per heavy atom. The predicted molar refractivity (Wildman–Crippen MR) is 76.0 cm³/mol. The van der Waals surface area contributed by atoms with Crippen LogP contribution in [0.5, 0.6) is 0 Å². The first-order valence-electron chi connectivity index (χ1n) is 6.67. The summed E-state index contributed by atoms with van der Waals surface area (Å²) in [5.74, 6) is -0.410. The molecule has 0 spiro atoms. The Kier molecular flexibility index (Phi) is 3.45. The molecule has 0 aliphatic rings. The molecule has 3 rings (SSSR count). The summed E-state index contributed by atoms with van der Waals surface area (Å²) in [6.07, 6.45) is 3.05. The smallest absolute Gasteiger partial charge is 0.341 e. The van der Waals surface area contributed by atoms with E-state index in [9.17, 15) is 4.79 Å². The number of nitrogen functional groups attached to an aromatic ring is 1. The quantitative estimate of drug-likeness (QED) is 0.706. The third-order valence-electron chi connectivity index (χ3n) is 3.23. The van der Waals surface area contributed by atoms with Gasteiger partial charge in [0.2, 0.25) is 5.65 Å². The van der Waals surface area contributed by atoms with Crippen molar-refractivity contribution in [2.24, 2.45) is 0 Å². The van der Waals surface area contributed by atoms with Gasteiger partial charge in [-0.05, 0) is 24.2 Å². The van der Waals surface area contributed by atoms with Crippen LogP contribution in [-0.2, 0) is 11.3 Å². The summed E-state index contributed by atoms with van der Waals surface area (Å²) >= 11 is 0. The van der Waals surface area contributed by atoms with Gasteiger partial charge in [0, 0.05) is 17.5 Å². The molecule has 22 heavy (non-hydrogen) atoms. The SMILES string of the molecule is CCOC(=O)c1cnn(Cc2c(C)nc3nonc3c2N)c1. The van der Waals surface area contributed by atoms with Crippen LogP contribution in [0.4, 0.5) is 5.69 Å². The molecule has 0 aromatic carbocycles. The zero-order chi connectivity index (χ0) is 15.7. The Hall–Kier alpha value is -2.97. The van der Waals surface area contributed by atoms with Crippen LogP contribution in [0.1, 0.15) is 28.5 Å². The van der Waals surface area contributed by atoms with Gasteiger partial charge in [-0.2, -0.15) is 5.10 Å². The topological polar surface area (TPSA) is 122 Å². The van der Waals surface area contributed by atoms with Crippen LogP contribution >= 0.6 is 0 Å². The van der Waals surface area contributed by atoms with Crippen molar-refractivity contribution in [2.45, 2.75) is 20.4 Å². The summed E-state index contributed by atoms with van der Waals surface area (Å²) < 4.78 is 11.2. The monoisotopic (exact) mass is 302 g/mol. The number of aryl methyl sites for hydroxylation is 1. The van der Waals surface area contributed by atoms with Crippen molar-refractivity contribution in [3.8, 4) is 0 Å². The molecule has 0 radical (unpaired) electrons. The molecule has 0 unspecified atom stereocenters. The third kappa shape index (κ3) is 2.36. The first kappa shape index (κ1) is 14.0. The van der Waals surface area contributed by atoms with Crippen molar-refractivity contribution in [1.82, 2.24) is 25.1 Å². The van der Waals surface area contributed by atoms with Crippen LogP contribution in [0.15, 0.2) is 17.0 Å². The highest BCUT2D eigenvalue weighted by atomic mass is 16.6. The Morgan fingerprint density at radius 2 is 2.27 bits per heavy atom. The molecule has 2 N–H and O–H groups in total. The van der Waals surface area contributed by atoms with Gasteiger partial charge in [0.15, 0.2) is 5.52 Å². The lowest BCUT2D eigenvalue weighted by atomic mass is 10.1. The van der Waals surface area contributed by atoms with Gasteiger partial charge in [0.25, 0.3) is 0 Å². The molecule has 0 amide bonds. The number of anilines is 1. The zero-order valence-electron chi connectivity index (χ0n) is 12.1. The van der Waals surface area contributed by atoms with E-state index in [2.05, 4.69) is 25.0 Å². The van der Waals surface area contributed by atoms with Crippen molar-refractivity contribution >= 4 is 22.8 Å². The minimum absolute atomic E-state index is 0.315. The lowest BCUT2D eigenvalue weighted by Gasteiger charge is -2.08. The average Bonchev–Trinajstić information content (AvgIpc) is 3.12. The van der Waals surface area contributed by atoms with Gasteiger partial charge in [-0.15, -0.1) is 0 Å². The number of rotatable bonds is 4. The number of carbonyl (C=O) groups excluding carboxylic acids is 1. The van der Waals surface area contributed by atoms with E-state index >= 15 is 0 Å². The highest BCUT2D eigenvalue weighted by Crippen LogP contribution is 2.23. The van der Waals surface area contributed by atoms with Crippen molar-refractivity contribution in [2.75, 3.05) is 12.3 Å². The van der Waals surface area contributed by atoms with Gasteiger partial charge < -0.3 is 10.5 Å². The number of pyridine rings is 1. The maximum Gasteiger partial charge on any atom is 0.341 e. The van der Waals surface area contributed by atoms with E-state index in [1.165, 1.54) is 6.20 Å². The summed E-state index contributed by atoms with van der Waals surface area (Å²) in [6, 6.07) is 0. The third-order valence-corrected chi connectivity index (χ3v) is 3.23. The van der Waals surface area contributed by atoms with Crippen LogP contribution in [0, 0.1) is 6.92 Å². The molecule has 0 saturated carbocycles. The highest BCUT2D eigenvalue weighted by Gasteiger charge is 2.16. The van der Waals surface area contributed by atoms with Gasteiger partial charge in [-0.1, -0.05) is 0 Å². The van der Waals surface area contributed by atoms with Gasteiger partial charge in [0.1, 0.15) is 0 Å². The summed E-state index contributed by atoms with van der Waals surface area (Å²) in [7, 11) is 0. The number of esters is 1. The second kappa shape index (κ2) is 5.43. The fourth-order valence-electron chi connectivity index (χ4n) is 2.12. The van der Waals surface area contributed by atoms with Crippen molar-refractivity contribution in [3.05, 3.63) is 29.2 Å². The van der Waals surface area contributed by atoms with Crippen molar-refractivity contribution < 1.29 is 14.2 Å². The molecule has 3 aromatic heterocycles. The number of ether oxygens (including phenoxy) is 1. The Balaban J connectivity index is 1.91. The van der Waals surface area contributed by atoms with E-state index in [1.807, 2.05) is 6.92 Å². The molecule has 3 aromatic rings. The largest absolute Gasteiger partial charge is 0.462 e. The molecule has 0 atom stereocenters. The van der Waals surface area contributed by atoms with Crippen LogP contribution in [0.3, 0.4) is 0 Å². The number of hydrogen-bond donors (Lipinski definition) is 1. The fourth-order valence-corrected chi connectivity index (χ4v) is 2.12. The van der Waals surface area contributed by atoms with Gasteiger partial charge in [-0.3, -0.25) is 4.68 Å². The highest BCUT2D eigenvalue weighted by molar-refractivity contribution is 5.88. The molecule has 0 aliphatic carbocycles. The van der Waals surface area contributed by atoms with E-state index in [0.29, 0.717) is 41.3 Å². The summed E-state index contributed by atoms with van der Waals surface area (Å²) in [6.45, 7) is 4.23. The van der Waals surface area contributed by atoms with Crippen LogP contribution in [0.2, 0.25) is 0 Å². The fraction of sp³-hybridized carbons (Fsp3) is 0.308. The first-order chi connectivity index (χ1) is 10.6. The molecule has 9 nitrogen and oxygen atoms in total. The number of hydrogen-bond acceptors (Lipinski definition) is 8. The van der Waals surface area contributed by atoms with E-state index in [0.717, 1.165) is 5.56 Å². The number of carbonyl (C=O) groups is 1. The van der Waals surface area contributed by atoms with E-state index in [1.54, 1.807) is 17.8 Å². The Labute approximate surface area is 125 Å². The number of nitrogens with two attached hydrogens (primary N) is 1. The average molecular weight is 302 g/mol. The van der Waals surface area contributed by atoms with Crippen molar-refractivity contribution in [3.63, 3.8) is 0 Å². The first-order valence-corrected chi connectivity index (χ1v) is 6.67. The lowest BCUT2D eigenvalue weighted by Crippen LogP contribution is -2.08. The molecular formula is C13H14N6O3. The van der Waals surface area contributed by atoms with Crippen LogP contribution in [0.25, 0.3) is 11.2 Å². The maximum absolute atomic E-state index is 11.6. The molecule has 114 valence electrons. The zero-order valence-corrected chi connectivity index (χ0v) is 12.1. The second-order valence-electron chi connectivity index (χ2n) is 4.67. The Morgan fingerprint density at radius 1 is 1.45 bits per heavy atom. The van der Waals surface area contributed by atoms with E-state index < -0.39 is 5.97 Å². The van der Waals surface area contributed by atoms with E-state index in [4.69, 9.17) is 10.5 Å². The second-order valence-corrected chi connectivity index (χ2v) is 4.67. The summed E-state index contributed by atoms with van der Waals surface area (Å²) in [5.41, 5.74) is 9.15. The molecule has 0 saturated heterocycles. The lowest BCUT2D eigenvalue weighted by molar-refractivity contribution is 0.0526. The van der Waals surface area contributed by atoms with Crippen LogP contribution in [-0.4, -0.2) is 37.7 Å². The minimum Gasteiger partial charge on any atom is -0.462 e. The normalized spacial score (nSPS) is 11.0. The van der Waals surface area contributed by atoms with Gasteiger partial charge in [0.05, 0.1) is 30.6 Å². The van der Waals surface area contributed by atoms with E-state index in [-0.39, 0.29) is 0 Å². The van der Waals surface area contributed by atoms with Crippen molar-refractivity contribution in [1.29, 1.82) is 0 Å².